The first-order chi connectivity index (χ1) is 16.7. The molecule has 0 unspecified atom stereocenters. The number of carbonyl (C=O) groups excluding carboxylic acids is 1. The van der Waals surface area contributed by atoms with Crippen LogP contribution in [0.25, 0.3) is 6.08 Å². The van der Waals surface area contributed by atoms with Crippen molar-refractivity contribution in [3.63, 3.8) is 0 Å². The SMILES string of the molecule is Cc1cccc(/C=N/Nc2nc3c(c(N4CCOCC4)n2)CC(C(=O)Nc2ccncc2)=C3)c1. The van der Waals surface area contributed by atoms with Gasteiger partial charge in [0.25, 0.3) is 5.91 Å². The third kappa shape index (κ3) is 4.94. The number of benzene rings is 1. The fraction of sp³-hybridized carbons (Fsp3) is 0.240. The van der Waals surface area contributed by atoms with Gasteiger partial charge >= 0.3 is 0 Å². The second-order valence-corrected chi connectivity index (χ2v) is 8.15. The molecule has 0 radical (unpaired) electrons. The molecule has 5 rings (SSSR count). The molecule has 1 amide bonds. The van der Waals surface area contributed by atoms with Crippen LogP contribution in [0, 0.1) is 6.92 Å². The summed E-state index contributed by atoms with van der Waals surface area (Å²) in [6, 6.07) is 11.6. The summed E-state index contributed by atoms with van der Waals surface area (Å²) in [5, 5.41) is 7.25. The number of nitrogens with zero attached hydrogens (tertiary/aromatic N) is 5. The summed E-state index contributed by atoms with van der Waals surface area (Å²) < 4.78 is 5.51. The molecule has 2 aliphatic rings. The Hall–Kier alpha value is -4.11. The van der Waals surface area contributed by atoms with Gasteiger partial charge in [-0.05, 0) is 30.7 Å². The van der Waals surface area contributed by atoms with E-state index in [1.807, 2.05) is 37.3 Å². The van der Waals surface area contributed by atoms with Crippen molar-refractivity contribution in [3.05, 3.63) is 76.7 Å². The number of amides is 1. The zero-order chi connectivity index (χ0) is 23.3. The number of anilines is 3. The van der Waals surface area contributed by atoms with Crippen molar-refractivity contribution in [1.29, 1.82) is 0 Å². The number of fused-ring (bicyclic) bond motifs is 1. The Morgan fingerprint density at radius 2 is 1.97 bits per heavy atom. The standard InChI is InChI=1S/C25H25N7O2/c1-17-3-2-4-18(13-17)16-27-31-25-29-22-15-19(24(33)28-20-5-7-26-8-6-20)14-21(22)23(30-25)32-9-11-34-12-10-32/h2-8,13,15-16H,9-12,14H2,1H3,(H,26,28,33)(H,29,30,31)/b27-16+. The molecule has 3 aromatic rings. The molecule has 0 atom stereocenters. The van der Waals surface area contributed by atoms with E-state index >= 15 is 0 Å². The third-order valence-corrected chi connectivity index (χ3v) is 5.66. The van der Waals surface area contributed by atoms with Crippen LogP contribution < -0.4 is 15.6 Å². The molecule has 9 nitrogen and oxygen atoms in total. The number of ether oxygens (including phenoxy) is 1. The van der Waals surface area contributed by atoms with Gasteiger partial charge in [0.15, 0.2) is 0 Å². The van der Waals surface area contributed by atoms with Crippen molar-refractivity contribution in [2.45, 2.75) is 13.3 Å². The van der Waals surface area contributed by atoms with Crippen molar-refractivity contribution in [1.82, 2.24) is 15.0 Å². The van der Waals surface area contributed by atoms with Crippen LogP contribution in [0.15, 0.2) is 59.5 Å². The van der Waals surface area contributed by atoms with Gasteiger partial charge in [0.05, 0.1) is 25.1 Å². The number of hydrazone groups is 1. The zero-order valence-electron chi connectivity index (χ0n) is 18.9. The summed E-state index contributed by atoms with van der Waals surface area (Å²) in [4.78, 5) is 28.4. The van der Waals surface area contributed by atoms with E-state index in [1.54, 1.807) is 30.7 Å². The number of carbonyl (C=O) groups is 1. The molecule has 1 aromatic carbocycles. The molecule has 0 spiro atoms. The van der Waals surface area contributed by atoms with E-state index in [-0.39, 0.29) is 5.91 Å². The normalized spacial score (nSPS) is 15.2. The highest BCUT2D eigenvalue weighted by atomic mass is 16.5. The van der Waals surface area contributed by atoms with Crippen molar-refractivity contribution in [3.8, 4) is 0 Å². The Bertz CT molecular complexity index is 1250. The lowest BCUT2D eigenvalue weighted by atomic mass is 10.1. The molecule has 1 fully saturated rings. The molecule has 172 valence electrons. The molecule has 0 bridgehead atoms. The van der Waals surface area contributed by atoms with Crippen LogP contribution in [0.2, 0.25) is 0 Å². The summed E-state index contributed by atoms with van der Waals surface area (Å²) in [6.07, 6.45) is 7.31. The number of rotatable bonds is 6. The zero-order valence-corrected chi connectivity index (χ0v) is 18.9. The Kier molecular flexibility index (Phi) is 6.26. The molecule has 2 N–H and O–H groups in total. The first kappa shape index (κ1) is 21.7. The molecule has 3 heterocycles. The van der Waals surface area contributed by atoms with E-state index in [0.29, 0.717) is 36.8 Å². The van der Waals surface area contributed by atoms with Gasteiger partial charge in [0.1, 0.15) is 5.82 Å². The molecular weight excluding hydrogens is 430 g/mol. The van der Waals surface area contributed by atoms with E-state index in [0.717, 1.165) is 41.3 Å². The lowest BCUT2D eigenvalue weighted by Gasteiger charge is -2.29. The number of morpholine rings is 1. The number of hydrogen-bond donors (Lipinski definition) is 2. The van der Waals surface area contributed by atoms with Crippen LogP contribution in [-0.2, 0) is 16.0 Å². The molecule has 1 aliphatic carbocycles. The Morgan fingerprint density at radius 1 is 1.15 bits per heavy atom. The number of aryl methyl sites for hydroxylation is 1. The maximum absolute atomic E-state index is 12.9. The number of hydrogen-bond acceptors (Lipinski definition) is 8. The fourth-order valence-electron chi connectivity index (χ4n) is 3.98. The van der Waals surface area contributed by atoms with Crippen molar-refractivity contribution in [2.24, 2.45) is 5.10 Å². The lowest BCUT2D eigenvalue weighted by Crippen LogP contribution is -2.37. The van der Waals surface area contributed by atoms with E-state index in [4.69, 9.17) is 9.72 Å². The van der Waals surface area contributed by atoms with Gasteiger partial charge in [0.2, 0.25) is 5.95 Å². The van der Waals surface area contributed by atoms with Crippen LogP contribution in [-0.4, -0.2) is 53.4 Å². The highest BCUT2D eigenvalue weighted by Crippen LogP contribution is 2.33. The van der Waals surface area contributed by atoms with Gasteiger partial charge in [0, 0.05) is 48.7 Å². The minimum Gasteiger partial charge on any atom is -0.378 e. The summed E-state index contributed by atoms with van der Waals surface area (Å²) in [6.45, 7) is 4.77. The average Bonchev–Trinajstić information content (AvgIpc) is 3.29. The molecule has 34 heavy (non-hydrogen) atoms. The van der Waals surface area contributed by atoms with Crippen molar-refractivity contribution in [2.75, 3.05) is 41.9 Å². The highest BCUT2D eigenvalue weighted by Gasteiger charge is 2.27. The minimum absolute atomic E-state index is 0.163. The number of aromatic nitrogens is 3. The molecule has 1 aliphatic heterocycles. The first-order valence-corrected chi connectivity index (χ1v) is 11.2. The van der Waals surface area contributed by atoms with E-state index in [2.05, 4.69) is 30.7 Å². The predicted molar refractivity (Wildman–Crippen MR) is 132 cm³/mol. The molecule has 2 aromatic heterocycles. The second kappa shape index (κ2) is 9.80. The van der Waals surface area contributed by atoms with Crippen LogP contribution in [0.3, 0.4) is 0 Å². The smallest absolute Gasteiger partial charge is 0.252 e. The summed E-state index contributed by atoms with van der Waals surface area (Å²) >= 11 is 0. The summed E-state index contributed by atoms with van der Waals surface area (Å²) in [7, 11) is 0. The van der Waals surface area contributed by atoms with E-state index in [1.165, 1.54) is 0 Å². The fourth-order valence-corrected chi connectivity index (χ4v) is 3.98. The van der Waals surface area contributed by atoms with Crippen molar-refractivity contribution >= 4 is 35.7 Å². The van der Waals surface area contributed by atoms with Gasteiger partial charge in [-0.3, -0.25) is 9.78 Å². The second-order valence-electron chi connectivity index (χ2n) is 8.15. The van der Waals surface area contributed by atoms with Crippen LogP contribution >= 0.6 is 0 Å². The van der Waals surface area contributed by atoms with Gasteiger partial charge in [-0.1, -0.05) is 29.8 Å². The van der Waals surface area contributed by atoms with Crippen LogP contribution in [0.4, 0.5) is 17.5 Å². The highest BCUT2D eigenvalue weighted by molar-refractivity contribution is 6.08. The van der Waals surface area contributed by atoms with Gasteiger partial charge < -0.3 is 15.0 Å². The van der Waals surface area contributed by atoms with Crippen LogP contribution in [0.1, 0.15) is 22.4 Å². The molecular formula is C25H25N7O2. The Balaban J connectivity index is 1.40. The van der Waals surface area contributed by atoms with Crippen molar-refractivity contribution < 1.29 is 9.53 Å². The molecule has 1 saturated heterocycles. The number of pyridine rings is 1. The molecule has 0 saturated carbocycles. The van der Waals surface area contributed by atoms with Gasteiger partial charge in [-0.2, -0.15) is 10.1 Å². The Morgan fingerprint density at radius 3 is 2.76 bits per heavy atom. The minimum atomic E-state index is -0.163. The topological polar surface area (TPSA) is 105 Å². The maximum Gasteiger partial charge on any atom is 0.252 e. The number of nitrogens with one attached hydrogen (secondary N) is 2. The van der Waals surface area contributed by atoms with E-state index in [9.17, 15) is 4.79 Å². The Labute approximate surface area is 197 Å². The lowest BCUT2D eigenvalue weighted by molar-refractivity contribution is -0.112. The van der Waals surface area contributed by atoms with E-state index < -0.39 is 0 Å². The van der Waals surface area contributed by atoms with Crippen LogP contribution in [0.5, 0.6) is 0 Å². The predicted octanol–water partition coefficient (Wildman–Crippen LogP) is 3.04. The largest absolute Gasteiger partial charge is 0.378 e. The molecule has 9 heteroatoms. The summed E-state index contributed by atoms with van der Waals surface area (Å²) in [5.41, 5.74) is 8.10. The third-order valence-electron chi connectivity index (χ3n) is 5.66. The monoisotopic (exact) mass is 455 g/mol. The van der Waals surface area contributed by atoms with Gasteiger partial charge in [-0.15, -0.1) is 0 Å². The first-order valence-electron chi connectivity index (χ1n) is 11.2. The maximum atomic E-state index is 12.9. The quantitative estimate of drug-likeness (QED) is 0.435. The summed E-state index contributed by atoms with van der Waals surface area (Å²) in [5.74, 6) is 1.03. The average molecular weight is 456 g/mol. The van der Waals surface area contributed by atoms with Gasteiger partial charge in [-0.25, -0.2) is 10.4 Å².